The number of hydrogen-bond acceptors (Lipinski definition) is 4. The average Bonchev–Trinajstić information content (AvgIpc) is 2.43. The van der Waals surface area contributed by atoms with Crippen LogP contribution in [0.5, 0.6) is 23.0 Å². The van der Waals surface area contributed by atoms with Crippen molar-refractivity contribution in [3.8, 4) is 23.0 Å². The second-order valence-electron chi connectivity index (χ2n) is 4.69. The van der Waals surface area contributed by atoms with E-state index in [1.165, 1.54) is 6.07 Å². The van der Waals surface area contributed by atoms with Crippen LogP contribution >= 0.6 is 0 Å². The number of benzene rings is 2. The number of para-hydroxylation sites is 2. The van der Waals surface area contributed by atoms with Crippen LogP contribution in [0.3, 0.4) is 0 Å². The maximum atomic E-state index is 11.4. The summed E-state index contributed by atoms with van der Waals surface area (Å²) in [5.74, 6) is 2.49. The lowest BCUT2D eigenvalue weighted by molar-refractivity contribution is 0.359. The molecule has 4 rings (SSSR count). The van der Waals surface area contributed by atoms with Gasteiger partial charge in [-0.2, -0.15) is 0 Å². The molecule has 98 valence electrons. The van der Waals surface area contributed by atoms with Crippen molar-refractivity contribution in [3.63, 3.8) is 0 Å². The molecule has 1 aromatic heterocycles. The highest BCUT2D eigenvalue weighted by Crippen LogP contribution is 2.46. The van der Waals surface area contributed by atoms with Crippen molar-refractivity contribution in [3.05, 3.63) is 58.4 Å². The lowest BCUT2D eigenvalue weighted by Crippen LogP contribution is -2.01. The Kier molecular flexibility index (Phi) is 2.15. The Morgan fingerprint density at radius 1 is 0.850 bits per heavy atom. The monoisotopic (exact) mass is 266 g/mol. The van der Waals surface area contributed by atoms with E-state index in [0.717, 1.165) is 10.9 Å². The summed E-state index contributed by atoms with van der Waals surface area (Å²) < 4.78 is 16.8. The number of hydrogen-bond donors (Lipinski definition) is 0. The first-order valence-corrected chi connectivity index (χ1v) is 6.24. The molecular formula is C16H10O4. The molecule has 0 aliphatic carbocycles. The molecule has 1 aliphatic rings. The molecule has 0 fully saturated rings. The van der Waals surface area contributed by atoms with Crippen LogP contribution in [0.25, 0.3) is 11.0 Å². The number of rotatable bonds is 0. The summed E-state index contributed by atoms with van der Waals surface area (Å²) in [5.41, 5.74) is 0.977. The van der Waals surface area contributed by atoms with Gasteiger partial charge in [0.15, 0.2) is 23.0 Å². The molecule has 2 aromatic carbocycles. The van der Waals surface area contributed by atoms with Crippen molar-refractivity contribution in [2.75, 3.05) is 0 Å². The van der Waals surface area contributed by atoms with Crippen LogP contribution < -0.4 is 15.1 Å². The maximum Gasteiger partial charge on any atom is 0.336 e. The van der Waals surface area contributed by atoms with E-state index in [9.17, 15) is 4.79 Å². The van der Waals surface area contributed by atoms with Gasteiger partial charge in [-0.3, -0.25) is 0 Å². The summed E-state index contributed by atoms with van der Waals surface area (Å²) in [6.45, 7) is 1.86. The minimum absolute atomic E-state index is 0.368. The Labute approximate surface area is 114 Å². The first-order valence-electron chi connectivity index (χ1n) is 6.24. The zero-order valence-corrected chi connectivity index (χ0v) is 10.7. The van der Waals surface area contributed by atoms with E-state index < -0.39 is 0 Å². The van der Waals surface area contributed by atoms with Crippen LogP contribution in [0.15, 0.2) is 51.7 Å². The molecule has 20 heavy (non-hydrogen) atoms. The van der Waals surface area contributed by atoms with Crippen molar-refractivity contribution in [1.82, 2.24) is 0 Å². The quantitative estimate of drug-likeness (QED) is 0.451. The third-order valence-electron chi connectivity index (χ3n) is 3.30. The average molecular weight is 266 g/mol. The van der Waals surface area contributed by atoms with Gasteiger partial charge in [0.25, 0.3) is 0 Å². The normalized spacial score (nSPS) is 12.2. The number of ether oxygens (including phenoxy) is 2. The summed E-state index contributed by atoms with van der Waals surface area (Å²) >= 11 is 0. The second kappa shape index (κ2) is 3.87. The molecule has 0 unspecified atom stereocenters. The Hall–Kier alpha value is -2.75. The zero-order chi connectivity index (χ0) is 13.7. The van der Waals surface area contributed by atoms with Gasteiger partial charge >= 0.3 is 5.63 Å². The summed E-state index contributed by atoms with van der Waals surface area (Å²) in [6, 6.07) is 12.4. The van der Waals surface area contributed by atoms with Crippen molar-refractivity contribution >= 4 is 11.0 Å². The minimum Gasteiger partial charge on any atom is -0.449 e. The van der Waals surface area contributed by atoms with Gasteiger partial charge < -0.3 is 13.9 Å². The topological polar surface area (TPSA) is 48.7 Å². The maximum absolute atomic E-state index is 11.4. The van der Waals surface area contributed by atoms with Gasteiger partial charge in [-0.1, -0.05) is 12.1 Å². The summed E-state index contributed by atoms with van der Waals surface area (Å²) in [7, 11) is 0. The molecule has 1 aliphatic heterocycles. The lowest BCUT2D eigenvalue weighted by Gasteiger charge is -2.20. The van der Waals surface area contributed by atoms with Gasteiger partial charge in [0.05, 0.1) is 0 Å². The van der Waals surface area contributed by atoms with E-state index in [1.807, 2.05) is 37.3 Å². The third-order valence-corrected chi connectivity index (χ3v) is 3.30. The molecule has 2 heterocycles. The van der Waals surface area contributed by atoms with Crippen molar-refractivity contribution in [2.24, 2.45) is 0 Å². The van der Waals surface area contributed by atoms with Crippen LogP contribution in [0.2, 0.25) is 0 Å². The molecule has 4 nitrogen and oxygen atoms in total. The molecule has 0 atom stereocenters. The Balaban J connectivity index is 1.96. The largest absolute Gasteiger partial charge is 0.449 e. The lowest BCUT2D eigenvalue weighted by atomic mass is 10.1. The van der Waals surface area contributed by atoms with Crippen molar-refractivity contribution in [1.29, 1.82) is 0 Å². The zero-order valence-electron chi connectivity index (χ0n) is 10.7. The SMILES string of the molecule is Cc1cc(=O)oc2cc3c(cc12)Oc1ccccc1O3. The van der Waals surface area contributed by atoms with Gasteiger partial charge in [0.1, 0.15) is 5.58 Å². The van der Waals surface area contributed by atoms with Crippen molar-refractivity contribution < 1.29 is 13.9 Å². The molecule has 0 amide bonds. The van der Waals surface area contributed by atoms with E-state index in [-0.39, 0.29) is 5.63 Å². The Morgan fingerprint density at radius 3 is 2.20 bits per heavy atom. The van der Waals surface area contributed by atoms with E-state index in [1.54, 1.807) is 6.07 Å². The molecular weight excluding hydrogens is 256 g/mol. The van der Waals surface area contributed by atoms with Gasteiger partial charge in [-0.25, -0.2) is 4.79 Å². The van der Waals surface area contributed by atoms with Gasteiger partial charge in [0.2, 0.25) is 0 Å². The summed E-state index contributed by atoms with van der Waals surface area (Å²) in [6.07, 6.45) is 0. The molecule has 0 N–H and O–H groups in total. The molecule has 0 bridgehead atoms. The predicted molar refractivity (Wildman–Crippen MR) is 73.8 cm³/mol. The van der Waals surface area contributed by atoms with E-state index in [2.05, 4.69) is 0 Å². The Morgan fingerprint density at radius 2 is 1.50 bits per heavy atom. The number of aryl methyl sites for hydroxylation is 1. The highest BCUT2D eigenvalue weighted by atomic mass is 16.6. The summed E-state index contributed by atoms with van der Waals surface area (Å²) in [4.78, 5) is 11.4. The molecule has 0 radical (unpaired) electrons. The molecule has 0 spiro atoms. The fourth-order valence-corrected chi connectivity index (χ4v) is 2.34. The first kappa shape index (κ1) is 11.1. The molecule has 4 heteroatoms. The minimum atomic E-state index is -0.368. The highest BCUT2D eigenvalue weighted by molar-refractivity contribution is 5.84. The highest BCUT2D eigenvalue weighted by Gasteiger charge is 2.20. The van der Waals surface area contributed by atoms with Gasteiger partial charge in [0, 0.05) is 17.5 Å². The predicted octanol–water partition coefficient (Wildman–Crippen LogP) is 4.00. The van der Waals surface area contributed by atoms with Crippen LogP contribution in [0.4, 0.5) is 0 Å². The van der Waals surface area contributed by atoms with Crippen molar-refractivity contribution in [2.45, 2.75) is 6.92 Å². The van der Waals surface area contributed by atoms with Crippen LogP contribution in [0.1, 0.15) is 5.56 Å². The standard InChI is InChI=1S/C16H10O4/c1-9-6-16(17)20-13-8-15-14(7-10(9)13)18-11-4-2-3-5-12(11)19-15/h2-8H,1H3. The van der Waals surface area contributed by atoms with E-state index in [0.29, 0.717) is 28.6 Å². The first-order chi connectivity index (χ1) is 9.70. The van der Waals surface area contributed by atoms with Crippen LogP contribution in [-0.4, -0.2) is 0 Å². The fraction of sp³-hybridized carbons (Fsp3) is 0.0625. The second-order valence-corrected chi connectivity index (χ2v) is 4.69. The van der Waals surface area contributed by atoms with Crippen LogP contribution in [-0.2, 0) is 0 Å². The van der Waals surface area contributed by atoms with E-state index >= 15 is 0 Å². The molecule has 3 aromatic rings. The van der Waals surface area contributed by atoms with Gasteiger partial charge in [-0.05, 0) is 30.7 Å². The summed E-state index contributed by atoms with van der Waals surface area (Å²) in [5, 5.41) is 0.839. The van der Waals surface area contributed by atoms with E-state index in [4.69, 9.17) is 13.9 Å². The van der Waals surface area contributed by atoms with Gasteiger partial charge in [-0.15, -0.1) is 0 Å². The smallest absolute Gasteiger partial charge is 0.336 e. The van der Waals surface area contributed by atoms with Crippen LogP contribution in [0, 0.1) is 6.92 Å². The molecule has 0 saturated carbocycles. The molecule has 0 saturated heterocycles. The third kappa shape index (κ3) is 1.58. The Bertz CT molecular complexity index is 893. The fourth-order valence-electron chi connectivity index (χ4n) is 2.34. The number of fused-ring (bicyclic) bond motifs is 3.